The summed E-state index contributed by atoms with van der Waals surface area (Å²) < 4.78 is 36.8. The molecule has 0 aliphatic rings. The number of methoxy groups -OCH3 is 1. The van der Waals surface area contributed by atoms with Crippen LogP contribution < -0.4 is 10.1 Å². The maximum absolute atomic E-state index is 13.3. The number of alkyl halides is 2. The van der Waals surface area contributed by atoms with E-state index >= 15 is 0 Å². The van der Waals surface area contributed by atoms with Crippen molar-refractivity contribution in [1.29, 1.82) is 0 Å². The second-order valence-corrected chi connectivity index (χ2v) is 5.53. The van der Waals surface area contributed by atoms with Crippen molar-refractivity contribution in [2.24, 2.45) is 0 Å². The van der Waals surface area contributed by atoms with Crippen LogP contribution in [0.4, 0.5) is 19.3 Å². The quantitative estimate of drug-likeness (QED) is 0.774. The number of amides is 1. The molecule has 0 aliphatic heterocycles. The molecule has 0 radical (unpaired) electrons. The minimum atomic E-state index is -2.62. The number of carbonyl (C=O) groups is 1. The van der Waals surface area contributed by atoms with Crippen LogP contribution in [0.1, 0.15) is 35.6 Å². The fourth-order valence-electron chi connectivity index (χ4n) is 2.44. The summed E-state index contributed by atoms with van der Waals surface area (Å²) in [6.45, 7) is 3.82. The van der Waals surface area contributed by atoms with E-state index in [1.54, 1.807) is 24.3 Å². The van der Waals surface area contributed by atoms with Gasteiger partial charge in [0.2, 0.25) is 0 Å². The lowest BCUT2D eigenvalue weighted by Crippen LogP contribution is -2.14. The van der Waals surface area contributed by atoms with E-state index in [1.807, 2.05) is 19.9 Å². The third-order valence-corrected chi connectivity index (χ3v) is 3.92. The fourth-order valence-corrected chi connectivity index (χ4v) is 2.44. The van der Waals surface area contributed by atoms with Crippen molar-refractivity contribution < 1.29 is 23.0 Å². The number of rotatable bonds is 6. The van der Waals surface area contributed by atoms with Crippen molar-refractivity contribution in [3.63, 3.8) is 0 Å². The van der Waals surface area contributed by atoms with Crippen molar-refractivity contribution in [2.75, 3.05) is 12.4 Å². The number of anilines is 1. The smallest absolute Gasteiger partial charge is 0.411 e. The molecule has 2 rings (SSSR count). The van der Waals surface area contributed by atoms with E-state index in [0.29, 0.717) is 17.7 Å². The molecule has 0 aromatic heterocycles. The predicted molar refractivity (Wildman–Crippen MR) is 92.3 cm³/mol. The van der Waals surface area contributed by atoms with Gasteiger partial charge in [0.05, 0.1) is 18.4 Å². The van der Waals surface area contributed by atoms with Crippen molar-refractivity contribution in [3.8, 4) is 5.75 Å². The Kier molecular flexibility index (Phi) is 6.33. The van der Waals surface area contributed by atoms with Crippen LogP contribution in [0.5, 0.6) is 5.75 Å². The Hall–Kier alpha value is -2.63. The summed E-state index contributed by atoms with van der Waals surface area (Å²) in [5.41, 5.74) is 2.79. The molecule has 0 saturated carbocycles. The van der Waals surface area contributed by atoms with Gasteiger partial charge >= 0.3 is 6.09 Å². The highest BCUT2D eigenvalue weighted by Gasteiger charge is 2.16. The lowest BCUT2D eigenvalue weighted by atomic mass is 10.1. The van der Waals surface area contributed by atoms with Crippen LogP contribution in [0.25, 0.3) is 0 Å². The van der Waals surface area contributed by atoms with E-state index in [1.165, 1.54) is 13.2 Å². The molecule has 0 bridgehead atoms. The van der Waals surface area contributed by atoms with Crippen LogP contribution in [0, 0.1) is 6.92 Å². The minimum Gasteiger partial charge on any atom is -0.488 e. The predicted octanol–water partition coefficient (Wildman–Crippen LogP) is 5.25. The number of carbonyl (C=O) groups excluding carboxylic acids is 1. The topological polar surface area (TPSA) is 47.6 Å². The summed E-state index contributed by atoms with van der Waals surface area (Å²) in [6.07, 6.45) is -2.55. The van der Waals surface area contributed by atoms with Gasteiger partial charge in [-0.05, 0) is 42.7 Å². The second-order valence-electron chi connectivity index (χ2n) is 5.53. The third kappa shape index (κ3) is 4.68. The van der Waals surface area contributed by atoms with E-state index in [2.05, 4.69) is 10.1 Å². The van der Waals surface area contributed by atoms with Gasteiger partial charge in [-0.2, -0.15) is 0 Å². The summed E-state index contributed by atoms with van der Waals surface area (Å²) in [7, 11) is 1.27. The van der Waals surface area contributed by atoms with Gasteiger partial charge in [0.15, 0.2) is 0 Å². The lowest BCUT2D eigenvalue weighted by molar-refractivity contribution is 0.144. The van der Waals surface area contributed by atoms with Crippen LogP contribution in [0.15, 0.2) is 36.4 Å². The van der Waals surface area contributed by atoms with Gasteiger partial charge in [-0.15, -0.1) is 0 Å². The van der Waals surface area contributed by atoms with Crippen molar-refractivity contribution >= 4 is 11.8 Å². The average molecular weight is 349 g/mol. The van der Waals surface area contributed by atoms with Crippen LogP contribution in [0.2, 0.25) is 0 Å². The first kappa shape index (κ1) is 18.7. The summed E-state index contributed by atoms with van der Waals surface area (Å²) in [5.74, 6) is 0.138. The molecule has 0 fully saturated rings. The lowest BCUT2D eigenvalue weighted by Gasteiger charge is -2.16. The van der Waals surface area contributed by atoms with Gasteiger partial charge in [0.1, 0.15) is 12.4 Å². The average Bonchev–Trinajstić information content (AvgIpc) is 2.60. The first-order chi connectivity index (χ1) is 12.0. The Labute approximate surface area is 145 Å². The van der Waals surface area contributed by atoms with E-state index in [-0.39, 0.29) is 17.9 Å². The SMILES string of the molecule is CCc1ccc(OCc2c(C)cccc2NC(=O)OC)c(C(F)F)c1. The highest BCUT2D eigenvalue weighted by molar-refractivity contribution is 5.85. The molecule has 1 amide bonds. The van der Waals surface area contributed by atoms with Crippen LogP contribution >= 0.6 is 0 Å². The standard InChI is InChI=1S/C19H21F2NO3/c1-4-13-8-9-17(14(10-13)18(20)21)25-11-15-12(2)6-5-7-16(15)22-19(23)24-3/h5-10,18H,4,11H2,1-3H3,(H,22,23). The van der Waals surface area contributed by atoms with Gasteiger partial charge in [0.25, 0.3) is 6.43 Å². The number of ether oxygens (including phenoxy) is 2. The van der Waals surface area contributed by atoms with Crippen molar-refractivity contribution in [2.45, 2.75) is 33.3 Å². The number of hydrogen-bond acceptors (Lipinski definition) is 3. The Morgan fingerprint density at radius 1 is 1.24 bits per heavy atom. The molecule has 0 heterocycles. The molecule has 0 unspecified atom stereocenters. The number of aryl methyl sites for hydroxylation is 2. The van der Waals surface area contributed by atoms with E-state index in [4.69, 9.17) is 4.74 Å². The summed E-state index contributed by atoms with van der Waals surface area (Å²) in [5, 5.41) is 2.60. The fraction of sp³-hybridized carbons (Fsp3) is 0.316. The molecule has 0 saturated heterocycles. The maximum Gasteiger partial charge on any atom is 0.411 e. The van der Waals surface area contributed by atoms with Crippen molar-refractivity contribution in [1.82, 2.24) is 0 Å². The van der Waals surface area contributed by atoms with E-state index in [9.17, 15) is 13.6 Å². The molecule has 0 aliphatic carbocycles. The highest BCUT2D eigenvalue weighted by Crippen LogP contribution is 2.31. The summed E-state index contributed by atoms with van der Waals surface area (Å²) in [4.78, 5) is 11.5. The Bertz CT molecular complexity index is 747. The molecule has 6 heteroatoms. The Morgan fingerprint density at radius 3 is 2.64 bits per heavy atom. The third-order valence-electron chi connectivity index (χ3n) is 3.92. The normalized spacial score (nSPS) is 10.6. The maximum atomic E-state index is 13.3. The molecule has 4 nitrogen and oxygen atoms in total. The van der Waals surface area contributed by atoms with Gasteiger partial charge in [0, 0.05) is 5.56 Å². The largest absolute Gasteiger partial charge is 0.488 e. The van der Waals surface area contributed by atoms with Crippen LogP contribution in [-0.4, -0.2) is 13.2 Å². The Morgan fingerprint density at radius 2 is 2.00 bits per heavy atom. The molecular weight excluding hydrogens is 328 g/mol. The van der Waals surface area contributed by atoms with Crippen molar-refractivity contribution in [3.05, 3.63) is 58.7 Å². The molecule has 2 aromatic carbocycles. The summed E-state index contributed by atoms with van der Waals surface area (Å²) >= 11 is 0. The van der Waals surface area contributed by atoms with Crippen LogP contribution in [-0.2, 0) is 17.8 Å². The van der Waals surface area contributed by atoms with Gasteiger partial charge < -0.3 is 9.47 Å². The molecule has 1 N–H and O–H groups in total. The molecule has 0 atom stereocenters. The molecule has 134 valence electrons. The summed E-state index contributed by atoms with van der Waals surface area (Å²) in [6, 6.07) is 10.1. The first-order valence-corrected chi connectivity index (χ1v) is 7.93. The number of hydrogen-bond donors (Lipinski definition) is 1. The monoisotopic (exact) mass is 349 g/mol. The number of benzene rings is 2. The zero-order valence-corrected chi connectivity index (χ0v) is 14.4. The Balaban J connectivity index is 2.26. The van der Waals surface area contributed by atoms with Gasteiger partial charge in [-0.3, -0.25) is 5.32 Å². The molecule has 25 heavy (non-hydrogen) atoms. The molecule has 2 aromatic rings. The van der Waals surface area contributed by atoms with Gasteiger partial charge in [-0.25, -0.2) is 13.6 Å². The zero-order chi connectivity index (χ0) is 18.4. The molecule has 0 spiro atoms. The minimum absolute atomic E-state index is 0.0528. The zero-order valence-electron chi connectivity index (χ0n) is 14.4. The molecular formula is C19H21F2NO3. The van der Waals surface area contributed by atoms with Gasteiger partial charge in [-0.1, -0.05) is 25.1 Å². The van der Waals surface area contributed by atoms with Crippen LogP contribution in [0.3, 0.4) is 0 Å². The van der Waals surface area contributed by atoms with E-state index in [0.717, 1.165) is 11.1 Å². The van der Waals surface area contributed by atoms with E-state index < -0.39 is 12.5 Å². The number of halogens is 2. The first-order valence-electron chi connectivity index (χ1n) is 7.93. The number of nitrogens with one attached hydrogen (secondary N) is 1. The highest BCUT2D eigenvalue weighted by atomic mass is 19.3. The second kappa shape index (κ2) is 8.46.